The number of hydrogen-bond donors (Lipinski definition) is 2. The standard InChI is InChI=1S/C15H24BrNO3/c1-15(2,18)6-8-20-14-5-4-13(16)10-12(14)11-17-7-9-19-3/h4-5,10,17-18H,6-9,11H2,1-3H3. The average Bonchev–Trinajstić information content (AvgIpc) is 2.35. The molecule has 1 rings (SSSR count). The summed E-state index contributed by atoms with van der Waals surface area (Å²) in [6.45, 7) is 6.27. The van der Waals surface area contributed by atoms with Crippen LogP contribution in [0.3, 0.4) is 0 Å². The van der Waals surface area contributed by atoms with E-state index in [1.807, 2.05) is 18.2 Å². The van der Waals surface area contributed by atoms with Crippen molar-refractivity contribution < 1.29 is 14.6 Å². The zero-order chi connectivity index (χ0) is 15.0. The molecule has 4 nitrogen and oxygen atoms in total. The molecule has 0 aliphatic carbocycles. The molecule has 0 spiro atoms. The molecule has 0 aliphatic heterocycles. The molecular weight excluding hydrogens is 322 g/mol. The molecule has 0 saturated carbocycles. The number of aliphatic hydroxyl groups is 1. The Morgan fingerprint density at radius 2 is 2.05 bits per heavy atom. The Morgan fingerprint density at radius 3 is 2.70 bits per heavy atom. The molecule has 0 bridgehead atoms. The van der Waals surface area contributed by atoms with Crippen LogP contribution in [-0.2, 0) is 11.3 Å². The van der Waals surface area contributed by atoms with Gasteiger partial charge in [0, 0.05) is 36.7 Å². The van der Waals surface area contributed by atoms with Crippen molar-refractivity contribution >= 4 is 15.9 Å². The van der Waals surface area contributed by atoms with Gasteiger partial charge in [-0.05, 0) is 32.0 Å². The molecule has 20 heavy (non-hydrogen) atoms. The molecule has 0 aliphatic rings. The zero-order valence-electron chi connectivity index (χ0n) is 12.4. The highest BCUT2D eigenvalue weighted by Gasteiger charge is 2.13. The number of rotatable bonds is 9. The zero-order valence-corrected chi connectivity index (χ0v) is 14.0. The molecule has 0 unspecified atom stereocenters. The van der Waals surface area contributed by atoms with E-state index >= 15 is 0 Å². The van der Waals surface area contributed by atoms with Crippen LogP contribution in [0.15, 0.2) is 22.7 Å². The van der Waals surface area contributed by atoms with Gasteiger partial charge in [0.15, 0.2) is 0 Å². The second kappa shape index (κ2) is 8.62. The predicted octanol–water partition coefficient (Wildman–Crippen LogP) is 2.72. The highest BCUT2D eigenvalue weighted by atomic mass is 79.9. The van der Waals surface area contributed by atoms with E-state index in [1.165, 1.54) is 0 Å². The van der Waals surface area contributed by atoms with Crippen LogP contribution in [0, 0.1) is 0 Å². The van der Waals surface area contributed by atoms with E-state index in [0.29, 0.717) is 19.6 Å². The van der Waals surface area contributed by atoms with E-state index in [1.54, 1.807) is 21.0 Å². The molecule has 2 N–H and O–H groups in total. The topological polar surface area (TPSA) is 50.7 Å². The van der Waals surface area contributed by atoms with E-state index in [9.17, 15) is 5.11 Å². The minimum atomic E-state index is -0.702. The second-order valence-electron chi connectivity index (χ2n) is 5.33. The minimum absolute atomic E-state index is 0.496. The monoisotopic (exact) mass is 345 g/mol. The lowest BCUT2D eigenvalue weighted by Gasteiger charge is -2.18. The van der Waals surface area contributed by atoms with Crippen molar-refractivity contribution in [3.05, 3.63) is 28.2 Å². The van der Waals surface area contributed by atoms with Crippen molar-refractivity contribution in [2.75, 3.05) is 26.9 Å². The Bertz CT molecular complexity index is 405. The van der Waals surface area contributed by atoms with E-state index in [4.69, 9.17) is 9.47 Å². The van der Waals surface area contributed by atoms with Crippen LogP contribution in [0.2, 0.25) is 0 Å². The van der Waals surface area contributed by atoms with Gasteiger partial charge in [-0.3, -0.25) is 0 Å². The molecule has 0 fully saturated rings. The summed E-state index contributed by atoms with van der Waals surface area (Å²) in [6, 6.07) is 5.94. The first-order valence-corrected chi connectivity index (χ1v) is 7.55. The molecule has 114 valence electrons. The number of methoxy groups -OCH3 is 1. The van der Waals surface area contributed by atoms with Gasteiger partial charge in [-0.1, -0.05) is 15.9 Å². The Labute approximate surface area is 129 Å². The van der Waals surface area contributed by atoms with Crippen LogP contribution in [-0.4, -0.2) is 37.6 Å². The molecule has 0 radical (unpaired) electrons. The predicted molar refractivity (Wildman–Crippen MR) is 84.1 cm³/mol. The lowest BCUT2D eigenvalue weighted by Crippen LogP contribution is -2.22. The summed E-state index contributed by atoms with van der Waals surface area (Å²) in [5.74, 6) is 0.849. The van der Waals surface area contributed by atoms with Crippen molar-refractivity contribution in [1.29, 1.82) is 0 Å². The fourth-order valence-electron chi connectivity index (χ4n) is 1.64. The summed E-state index contributed by atoms with van der Waals surface area (Å²) in [4.78, 5) is 0. The van der Waals surface area contributed by atoms with E-state index < -0.39 is 5.60 Å². The van der Waals surface area contributed by atoms with Gasteiger partial charge in [0.1, 0.15) is 5.75 Å². The third kappa shape index (κ3) is 7.24. The largest absolute Gasteiger partial charge is 0.493 e. The molecule has 0 amide bonds. The van der Waals surface area contributed by atoms with Gasteiger partial charge in [-0.15, -0.1) is 0 Å². The molecule has 1 aromatic carbocycles. The Kier molecular flexibility index (Phi) is 7.51. The van der Waals surface area contributed by atoms with Crippen molar-refractivity contribution in [2.24, 2.45) is 0 Å². The minimum Gasteiger partial charge on any atom is -0.493 e. The maximum Gasteiger partial charge on any atom is 0.123 e. The van der Waals surface area contributed by atoms with Crippen LogP contribution in [0.25, 0.3) is 0 Å². The average molecular weight is 346 g/mol. The fraction of sp³-hybridized carbons (Fsp3) is 0.600. The van der Waals surface area contributed by atoms with E-state index in [-0.39, 0.29) is 0 Å². The molecule has 0 atom stereocenters. The van der Waals surface area contributed by atoms with Gasteiger partial charge in [0.05, 0.1) is 18.8 Å². The third-order valence-corrected chi connectivity index (χ3v) is 3.29. The molecule has 0 saturated heterocycles. The third-order valence-electron chi connectivity index (χ3n) is 2.79. The van der Waals surface area contributed by atoms with Crippen molar-refractivity contribution in [3.8, 4) is 5.75 Å². The van der Waals surface area contributed by atoms with Gasteiger partial charge in [0.25, 0.3) is 0 Å². The Morgan fingerprint density at radius 1 is 1.30 bits per heavy atom. The maximum atomic E-state index is 9.70. The quantitative estimate of drug-likeness (QED) is 0.675. The molecule has 5 heteroatoms. The van der Waals surface area contributed by atoms with Crippen LogP contribution in [0.1, 0.15) is 25.8 Å². The van der Waals surface area contributed by atoms with E-state index in [2.05, 4.69) is 21.2 Å². The Hall–Kier alpha value is -0.620. The summed E-state index contributed by atoms with van der Waals surface area (Å²) < 4.78 is 11.8. The van der Waals surface area contributed by atoms with Crippen molar-refractivity contribution in [2.45, 2.75) is 32.4 Å². The van der Waals surface area contributed by atoms with Gasteiger partial charge in [-0.25, -0.2) is 0 Å². The molecule has 1 aromatic rings. The first-order valence-electron chi connectivity index (χ1n) is 6.75. The number of nitrogens with one attached hydrogen (secondary N) is 1. The highest BCUT2D eigenvalue weighted by molar-refractivity contribution is 9.10. The lowest BCUT2D eigenvalue weighted by atomic mass is 10.1. The van der Waals surface area contributed by atoms with Gasteiger partial charge in [0.2, 0.25) is 0 Å². The van der Waals surface area contributed by atoms with Gasteiger partial charge in [-0.2, -0.15) is 0 Å². The van der Waals surface area contributed by atoms with Crippen molar-refractivity contribution in [3.63, 3.8) is 0 Å². The van der Waals surface area contributed by atoms with Crippen LogP contribution >= 0.6 is 15.9 Å². The van der Waals surface area contributed by atoms with Gasteiger partial charge >= 0.3 is 0 Å². The summed E-state index contributed by atoms with van der Waals surface area (Å²) in [7, 11) is 1.69. The fourth-order valence-corrected chi connectivity index (χ4v) is 2.04. The summed E-state index contributed by atoms with van der Waals surface area (Å²) in [5.41, 5.74) is 0.387. The number of hydrogen-bond acceptors (Lipinski definition) is 4. The lowest BCUT2D eigenvalue weighted by molar-refractivity contribution is 0.0552. The summed E-state index contributed by atoms with van der Waals surface area (Å²) >= 11 is 3.47. The number of halogens is 1. The summed E-state index contributed by atoms with van der Waals surface area (Å²) in [6.07, 6.45) is 0.597. The first-order chi connectivity index (χ1) is 9.42. The Balaban J connectivity index is 2.55. The van der Waals surface area contributed by atoms with Crippen LogP contribution in [0.4, 0.5) is 0 Å². The first kappa shape index (κ1) is 17.4. The SMILES string of the molecule is COCCNCc1cc(Br)ccc1OCCC(C)(C)O. The smallest absolute Gasteiger partial charge is 0.123 e. The van der Waals surface area contributed by atoms with Crippen LogP contribution < -0.4 is 10.1 Å². The summed E-state index contributed by atoms with van der Waals surface area (Å²) in [5, 5.41) is 13.0. The highest BCUT2D eigenvalue weighted by Crippen LogP contribution is 2.24. The van der Waals surface area contributed by atoms with E-state index in [0.717, 1.165) is 28.9 Å². The molecular formula is C15H24BrNO3. The molecule has 0 heterocycles. The van der Waals surface area contributed by atoms with Crippen LogP contribution in [0.5, 0.6) is 5.75 Å². The normalized spacial score (nSPS) is 11.7. The number of benzene rings is 1. The van der Waals surface area contributed by atoms with Gasteiger partial charge < -0.3 is 19.9 Å². The van der Waals surface area contributed by atoms with Crippen molar-refractivity contribution in [1.82, 2.24) is 5.32 Å². The second-order valence-corrected chi connectivity index (χ2v) is 6.25. The maximum absolute atomic E-state index is 9.70. The number of ether oxygens (including phenoxy) is 2. The molecule has 0 aromatic heterocycles.